The number of amides is 1. The molecule has 1 aliphatic carbocycles. The SMILES string of the molecule is CC1(CNC(=O)c2ccc3c(c2)NCC3)CC1. The number of anilines is 1. The molecule has 1 amide bonds. The van der Waals surface area contributed by atoms with Crippen LogP contribution >= 0.6 is 0 Å². The zero-order valence-corrected chi connectivity index (χ0v) is 10.2. The minimum Gasteiger partial charge on any atom is -0.384 e. The Morgan fingerprint density at radius 2 is 2.29 bits per heavy atom. The summed E-state index contributed by atoms with van der Waals surface area (Å²) in [4.78, 5) is 12.0. The molecule has 3 rings (SSSR count). The zero-order valence-electron chi connectivity index (χ0n) is 10.2. The summed E-state index contributed by atoms with van der Waals surface area (Å²) in [6.45, 7) is 4.01. The molecule has 90 valence electrons. The van der Waals surface area contributed by atoms with E-state index in [2.05, 4.69) is 23.6 Å². The van der Waals surface area contributed by atoms with E-state index in [0.717, 1.165) is 30.8 Å². The normalized spacial score (nSPS) is 19.4. The van der Waals surface area contributed by atoms with E-state index in [9.17, 15) is 4.79 Å². The fraction of sp³-hybridized carbons (Fsp3) is 0.500. The van der Waals surface area contributed by atoms with Gasteiger partial charge in [0, 0.05) is 24.3 Å². The van der Waals surface area contributed by atoms with Crippen LogP contribution in [-0.2, 0) is 6.42 Å². The summed E-state index contributed by atoms with van der Waals surface area (Å²) in [5.41, 5.74) is 3.57. The first-order valence-corrected chi connectivity index (χ1v) is 6.31. The molecule has 0 bridgehead atoms. The van der Waals surface area contributed by atoms with Crippen molar-refractivity contribution in [1.82, 2.24) is 5.32 Å². The Morgan fingerprint density at radius 1 is 1.47 bits per heavy atom. The van der Waals surface area contributed by atoms with Crippen molar-refractivity contribution in [2.45, 2.75) is 26.2 Å². The molecule has 1 aliphatic heterocycles. The first-order valence-electron chi connectivity index (χ1n) is 6.31. The van der Waals surface area contributed by atoms with Crippen molar-refractivity contribution < 1.29 is 4.79 Å². The highest BCUT2D eigenvalue weighted by Crippen LogP contribution is 2.44. The van der Waals surface area contributed by atoms with Crippen molar-refractivity contribution >= 4 is 11.6 Å². The molecule has 3 nitrogen and oxygen atoms in total. The van der Waals surface area contributed by atoms with Gasteiger partial charge in [-0.1, -0.05) is 13.0 Å². The maximum atomic E-state index is 12.0. The molecule has 0 spiro atoms. The van der Waals surface area contributed by atoms with Crippen molar-refractivity contribution in [3.05, 3.63) is 29.3 Å². The smallest absolute Gasteiger partial charge is 0.251 e. The minimum absolute atomic E-state index is 0.0506. The molecule has 0 unspecified atom stereocenters. The molecule has 1 aromatic carbocycles. The third-order valence-electron chi connectivity index (χ3n) is 3.86. The number of fused-ring (bicyclic) bond motifs is 1. The van der Waals surface area contributed by atoms with Crippen LogP contribution in [0.4, 0.5) is 5.69 Å². The van der Waals surface area contributed by atoms with Crippen molar-refractivity contribution in [2.75, 3.05) is 18.4 Å². The fourth-order valence-corrected chi connectivity index (χ4v) is 2.22. The average molecular weight is 230 g/mol. The molecular weight excluding hydrogens is 212 g/mol. The van der Waals surface area contributed by atoms with Gasteiger partial charge in [-0.25, -0.2) is 0 Å². The first-order chi connectivity index (χ1) is 8.16. The summed E-state index contributed by atoms with van der Waals surface area (Å²) in [6.07, 6.45) is 3.54. The van der Waals surface area contributed by atoms with E-state index in [-0.39, 0.29) is 5.91 Å². The Morgan fingerprint density at radius 3 is 3.06 bits per heavy atom. The molecule has 1 aromatic rings. The monoisotopic (exact) mass is 230 g/mol. The van der Waals surface area contributed by atoms with Crippen LogP contribution in [0.5, 0.6) is 0 Å². The summed E-state index contributed by atoms with van der Waals surface area (Å²) in [7, 11) is 0. The summed E-state index contributed by atoms with van der Waals surface area (Å²) in [6, 6.07) is 5.95. The van der Waals surface area contributed by atoms with E-state index in [4.69, 9.17) is 0 Å². The van der Waals surface area contributed by atoms with Crippen molar-refractivity contribution in [1.29, 1.82) is 0 Å². The lowest BCUT2D eigenvalue weighted by Gasteiger charge is -2.10. The van der Waals surface area contributed by atoms with Crippen LogP contribution in [0.15, 0.2) is 18.2 Å². The number of nitrogens with one attached hydrogen (secondary N) is 2. The Labute approximate surface area is 102 Å². The second-order valence-corrected chi connectivity index (χ2v) is 5.54. The molecule has 2 N–H and O–H groups in total. The fourth-order valence-electron chi connectivity index (χ4n) is 2.22. The van der Waals surface area contributed by atoms with Crippen molar-refractivity contribution in [3.8, 4) is 0 Å². The molecule has 0 aromatic heterocycles. The first kappa shape index (κ1) is 10.6. The Balaban J connectivity index is 1.68. The van der Waals surface area contributed by atoms with E-state index < -0.39 is 0 Å². The highest BCUT2D eigenvalue weighted by molar-refractivity contribution is 5.95. The van der Waals surface area contributed by atoms with Crippen LogP contribution in [0.25, 0.3) is 0 Å². The van der Waals surface area contributed by atoms with E-state index in [1.807, 2.05) is 12.1 Å². The standard InChI is InChI=1S/C14H18N2O/c1-14(5-6-14)9-16-13(17)11-3-2-10-4-7-15-12(10)8-11/h2-3,8,15H,4-7,9H2,1H3,(H,16,17). The third kappa shape index (κ3) is 2.14. The summed E-state index contributed by atoms with van der Waals surface area (Å²) >= 11 is 0. The van der Waals surface area contributed by atoms with Crippen molar-refractivity contribution in [3.63, 3.8) is 0 Å². The summed E-state index contributed by atoms with van der Waals surface area (Å²) in [5.74, 6) is 0.0506. The maximum Gasteiger partial charge on any atom is 0.251 e. The summed E-state index contributed by atoms with van der Waals surface area (Å²) < 4.78 is 0. The molecule has 1 heterocycles. The molecule has 1 saturated carbocycles. The topological polar surface area (TPSA) is 41.1 Å². The summed E-state index contributed by atoms with van der Waals surface area (Å²) in [5, 5.41) is 6.33. The molecule has 0 saturated heterocycles. The van der Waals surface area contributed by atoms with Crippen LogP contribution in [0.1, 0.15) is 35.7 Å². The van der Waals surface area contributed by atoms with Gasteiger partial charge in [0.1, 0.15) is 0 Å². The number of carbonyl (C=O) groups excluding carboxylic acids is 1. The largest absolute Gasteiger partial charge is 0.384 e. The molecule has 3 heteroatoms. The number of hydrogen-bond donors (Lipinski definition) is 2. The van der Waals surface area contributed by atoms with Gasteiger partial charge >= 0.3 is 0 Å². The van der Waals surface area contributed by atoms with Gasteiger partial charge in [0.2, 0.25) is 0 Å². The lowest BCUT2D eigenvalue weighted by Crippen LogP contribution is -2.28. The Hall–Kier alpha value is -1.51. The number of rotatable bonds is 3. The van der Waals surface area contributed by atoms with Gasteiger partial charge in [0.15, 0.2) is 0 Å². The van der Waals surface area contributed by atoms with E-state index >= 15 is 0 Å². The van der Waals surface area contributed by atoms with E-state index in [1.54, 1.807) is 0 Å². The Bertz CT molecular complexity index is 463. The van der Waals surface area contributed by atoms with Crippen LogP contribution in [-0.4, -0.2) is 19.0 Å². The van der Waals surface area contributed by atoms with Crippen LogP contribution in [0, 0.1) is 5.41 Å². The van der Waals surface area contributed by atoms with E-state index in [1.165, 1.54) is 18.4 Å². The van der Waals surface area contributed by atoms with Gasteiger partial charge < -0.3 is 10.6 Å². The Kier molecular flexibility index (Phi) is 2.35. The quantitative estimate of drug-likeness (QED) is 0.835. The number of hydrogen-bond acceptors (Lipinski definition) is 2. The average Bonchev–Trinajstić information content (AvgIpc) is 2.90. The van der Waals surface area contributed by atoms with Gasteiger partial charge in [-0.15, -0.1) is 0 Å². The molecule has 17 heavy (non-hydrogen) atoms. The minimum atomic E-state index is 0.0506. The number of carbonyl (C=O) groups is 1. The second kappa shape index (κ2) is 3.76. The van der Waals surface area contributed by atoms with Crippen LogP contribution < -0.4 is 10.6 Å². The van der Waals surface area contributed by atoms with Crippen LogP contribution in [0.3, 0.4) is 0 Å². The molecule has 0 atom stereocenters. The second-order valence-electron chi connectivity index (χ2n) is 5.54. The lowest BCUT2D eigenvalue weighted by atomic mass is 10.1. The van der Waals surface area contributed by atoms with Gasteiger partial charge in [-0.05, 0) is 42.4 Å². The predicted molar refractivity (Wildman–Crippen MR) is 68.3 cm³/mol. The zero-order chi connectivity index (χ0) is 11.9. The van der Waals surface area contributed by atoms with Gasteiger partial charge in [0.05, 0.1) is 0 Å². The predicted octanol–water partition coefficient (Wildman–Crippen LogP) is 2.18. The highest BCUT2D eigenvalue weighted by atomic mass is 16.1. The third-order valence-corrected chi connectivity index (χ3v) is 3.86. The highest BCUT2D eigenvalue weighted by Gasteiger charge is 2.37. The molecule has 1 fully saturated rings. The van der Waals surface area contributed by atoms with Gasteiger partial charge in [-0.2, -0.15) is 0 Å². The van der Waals surface area contributed by atoms with Gasteiger partial charge in [-0.3, -0.25) is 4.79 Å². The van der Waals surface area contributed by atoms with Gasteiger partial charge in [0.25, 0.3) is 5.91 Å². The van der Waals surface area contributed by atoms with E-state index in [0.29, 0.717) is 5.41 Å². The molecule has 2 aliphatic rings. The lowest BCUT2D eigenvalue weighted by molar-refractivity contribution is 0.0946. The van der Waals surface area contributed by atoms with Crippen molar-refractivity contribution in [2.24, 2.45) is 5.41 Å². The maximum absolute atomic E-state index is 12.0. The number of benzene rings is 1. The molecular formula is C14H18N2O. The molecule has 0 radical (unpaired) electrons. The van der Waals surface area contributed by atoms with Crippen LogP contribution in [0.2, 0.25) is 0 Å².